The highest BCUT2D eigenvalue weighted by Gasteiger charge is 2.18. The monoisotopic (exact) mass is 260 g/mol. The Morgan fingerprint density at radius 2 is 2.21 bits per heavy atom. The molecule has 0 radical (unpaired) electrons. The van der Waals surface area contributed by atoms with Crippen molar-refractivity contribution < 1.29 is 14.3 Å². The summed E-state index contributed by atoms with van der Waals surface area (Å²) in [5, 5.41) is 13.2. The molecule has 2 heterocycles. The van der Waals surface area contributed by atoms with E-state index in [1.54, 1.807) is 23.7 Å². The van der Waals surface area contributed by atoms with Crippen LogP contribution in [0, 0.1) is 5.82 Å². The molecule has 0 aliphatic heterocycles. The third kappa shape index (κ3) is 1.67. The molecular weight excluding hydrogens is 251 g/mol. The fraction of sp³-hybridized carbons (Fsp3) is 0.0833. The zero-order valence-corrected chi connectivity index (χ0v) is 9.91. The quantitative estimate of drug-likeness (QED) is 0.759. The second-order valence-electron chi connectivity index (χ2n) is 4.05. The first-order chi connectivity index (χ1) is 9.08. The molecule has 6 nitrogen and oxygen atoms in total. The molecule has 0 saturated carbocycles. The number of hydrogen-bond acceptors (Lipinski definition) is 3. The van der Waals surface area contributed by atoms with E-state index >= 15 is 0 Å². The van der Waals surface area contributed by atoms with Gasteiger partial charge in [0.2, 0.25) is 5.78 Å². The summed E-state index contributed by atoms with van der Waals surface area (Å²) in [6, 6.07) is 5.94. The van der Waals surface area contributed by atoms with Gasteiger partial charge in [0.15, 0.2) is 11.5 Å². The van der Waals surface area contributed by atoms with Gasteiger partial charge in [-0.2, -0.15) is 4.52 Å². The maximum absolute atomic E-state index is 13.2. The molecule has 2 aromatic heterocycles. The molecule has 3 rings (SSSR count). The summed E-state index contributed by atoms with van der Waals surface area (Å²) >= 11 is 0. The van der Waals surface area contributed by atoms with Crippen molar-refractivity contribution in [2.75, 3.05) is 0 Å². The Morgan fingerprint density at radius 3 is 2.89 bits per heavy atom. The topological polar surface area (TPSA) is 72.4 Å². The van der Waals surface area contributed by atoms with E-state index in [0.717, 1.165) is 0 Å². The van der Waals surface area contributed by atoms with Gasteiger partial charge in [0, 0.05) is 12.6 Å². The maximum atomic E-state index is 13.2. The second-order valence-corrected chi connectivity index (χ2v) is 4.05. The average molecular weight is 260 g/mol. The van der Waals surface area contributed by atoms with Crippen molar-refractivity contribution in [3.05, 3.63) is 42.0 Å². The largest absolute Gasteiger partial charge is 0.476 e. The number of rotatable bonds is 2. The molecular formula is C12H9FN4O2. The van der Waals surface area contributed by atoms with Crippen LogP contribution in [-0.4, -0.2) is 30.2 Å². The lowest BCUT2D eigenvalue weighted by Gasteiger charge is -2.00. The van der Waals surface area contributed by atoms with Crippen LogP contribution in [0.3, 0.4) is 0 Å². The first-order valence-corrected chi connectivity index (χ1v) is 5.47. The van der Waals surface area contributed by atoms with Crippen LogP contribution in [0.15, 0.2) is 30.5 Å². The number of nitrogens with zero attached hydrogens (tertiary/aromatic N) is 4. The number of carbonyl (C=O) groups is 1. The van der Waals surface area contributed by atoms with Crippen molar-refractivity contribution in [3.8, 4) is 11.4 Å². The summed E-state index contributed by atoms with van der Waals surface area (Å²) in [5.41, 5.74) is 0.526. The maximum Gasteiger partial charge on any atom is 0.356 e. The van der Waals surface area contributed by atoms with Crippen LogP contribution in [0.4, 0.5) is 4.39 Å². The lowest BCUT2D eigenvalue weighted by molar-refractivity contribution is 0.0688. The van der Waals surface area contributed by atoms with Crippen LogP contribution in [0.2, 0.25) is 0 Å². The van der Waals surface area contributed by atoms with Crippen molar-refractivity contribution in [2.45, 2.75) is 0 Å². The molecule has 0 unspecified atom stereocenters. The lowest BCUT2D eigenvalue weighted by atomic mass is 10.2. The zero-order chi connectivity index (χ0) is 13.6. The van der Waals surface area contributed by atoms with Gasteiger partial charge in [-0.05, 0) is 12.1 Å². The minimum Gasteiger partial charge on any atom is -0.476 e. The predicted octanol–water partition coefficient (Wildman–Crippen LogP) is 1.57. The standard InChI is InChI=1S/C12H9FN4O2/c1-16-10(7-3-2-4-8(13)5-7)15-17-9(11(18)19)6-14-12(16)17/h2-6H,1H3,(H,18,19). The molecule has 0 aliphatic carbocycles. The van der Waals surface area contributed by atoms with E-state index in [1.165, 1.54) is 22.8 Å². The van der Waals surface area contributed by atoms with Crippen LogP contribution < -0.4 is 0 Å². The van der Waals surface area contributed by atoms with Crippen LogP contribution in [-0.2, 0) is 7.05 Å². The van der Waals surface area contributed by atoms with Gasteiger partial charge >= 0.3 is 5.97 Å². The normalized spacial score (nSPS) is 11.1. The molecule has 0 bridgehead atoms. The van der Waals surface area contributed by atoms with Gasteiger partial charge in [-0.25, -0.2) is 14.2 Å². The van der Waals surface area contributed by atoms with E-state index in [4.69, 9.17) is 5.11 Å². The van der Waals surface area contributed by atoms with Gasteiger partial charge in [0.1, 0.15) is 5.82 Å². The van der Waals surface area contributed by atoms with Crippen LogP contribution in [0.25, 0.3) is 17.2 Å². The van der Waals surface area contributed by atoms with Crippen LogP contribution >= 0.6 is 0 Å². The Bertz CT molecular complexity index is 790. The summed E-state index contributed by atoms with van der Waals surface area (Å²) < 4.78 is 16.1. The first kappa shape index (κ1) is 11.4. The van der Waals surface area contributed by atoms with Crippen molar-refractivity contribution in [1.29, 1.82) is 0 Å². The highest BCUT2D eigenvalue weighted by atomic mass is 19.1. The van der Waals surface area contributed by atoms with Gasteiger partial charge in [0.05, 0.1) is 6.20 Å². The molecule has 0 amide bonds. The number of aromatic carboxylic acids is 1. The number of carboxylic acid groups (broad SMARTS) is 1. The van der Waals surface area contributed by atoms with E-state index in [1.807, 2.05) is 0 Å². The van der Waals surface area contributed by atoms with E-state index in [2.05, 4.69) is 10.1 Å². The van der Waals surface area contributed by atoms with Gasteiger partial charge in [-0.3, -0.25) is 4.57 Å². The molecule has 3 aromatic rings. The van der Waals surface area contributed by atoms with E-state index in [-0.39, 0.29) is 11.5 Å². The highest BCUT2D eigenvalue weighted by Crippen LogP contribution is 2.20. The summed E-state index contributed by atoms with van der Waals surface area (Å²) in [6.07, 6.45) is 1.24. The molecule has 7 heteroatoms. The number of aromatic nitrogens is 4. The average Bonchev–Trinajstić information content (AvgIpc) is 2.90. The van der Waals surface area contributed by atoms with E-state index in [9.17, 15) is 9.18 Å². The number of halogens is 1. The number of imidazole rings is 1. The van der Waals surface area contributed by atoms with E-state index in [0.29, 0.717) is 17.2 Å². The number of fused-ring (bicyclic) bond motifs is 1. The fourth-order valence-corrected chi connectivity index (χ4v) is 1.94. The Kier molecular flexibility index (Phi) is 2.34. The molecule has 0 spiro atoms. The van der Waals surface area contributed by atoms with Crippen molar-refractivity contribution >= 4 is 11.7 Å². The number of hydrogen-bond donors (Lipinski definition) is 1. The molecule has 19 heavy (non-hydrogen) atoms. The molecule has 0 aliphatic rings. The Balaban J connectivity index is 2.25. The Morgan fingerprint density at radius 1 is 1.42 bits per heavy atom. The Hall–Kier alpha value is -2.70. The molecule has 96 valence electrons. The van der Waals surface area contributed by atoms with Gasteiger partial charge < -0.3 is 5.11 Å². The third-order valence-corrected chi connectivity index (χ3v) is 2.83. The molecule has 1 aromatic carbocycles. The first-order valence-electron chi connectivity index (χ1n) is 5.47. The molecule has 0 saturated heterocycles. The van der Waals surface area contributed by atoms with Crippen molar-refractivity contribution in [3.63, 3.8) is 0 Å². The summed E-state index contributed by atoms with van der Waals surface area (Å²) in [7, 11) is 1.70. The highest BCUT2D eigenvalue weighted by molar-refractivity contribution is 5.86. The predicted molar refractivity (Wildman–Crippen MR) is 64.3 cm³/mol. The minimum atomic E-state index is -1.11. The molecule has 1 N–H and O–H groups in total. The summed E-state index contributed by atoms with van der Waals surface area (Å²) in [5.74, 6) is -0.658. The van der Waals surface area contributed by atoms with Crippen molar-refractivity contribution in [1.82, 2.24) is 19.2 Å². The summed E-state index contributed by atoms with van der Waals surface area (Å²) in [6.45, 7) is 0. The van der Waals surface area contributed by atoms with Gasteiger partial charge in [0.25, 0.3) is 0 Å². The zero-order valence-electron chi connectivity index (χ0n) is 9.91. The van der Waals surface area contributed by atoms with Gasteiger partial charge in [-0.1, -0.05) is 12.1 Å². The van der Waals surface area contributed by atoms with Gasteiger partial charge in [-0.15, -0.1) is 5.10 Å². The minimum absolute atomic E-state index is 0.0340. The molecule has 0 fully saturated rings. The van der Waals surface area contributed by atoms with Crippen LogP contribution in [0.5, 0.6) is 0 Å². The number of benzene rings is 1. The van der Waals surface area contributed by atoms with Crippen molar-refractivity contribution in [2.24, 2.45) is 7.05 Å². The van der Waals surface area contributed by atoms with Crippen LogP contribution in [0.1, 0.15) is 10.5 Å². The second kappa shape index (κ2) is 3.91. The Labute approximate surface area is 106 Å². The third-order valence-electron chi connectivity index (χ3n) is 2.83. The number of carboxylic acids is 1. The SMILES string of the molecule is Cn1c(-c2cccc(F)c2)nn2c(C(=O)O)cnc12. The smallest absolute Gasteiger partial charge is 0.356 e. The molecule has 0 atom stereocenters. The lowest BCUT2D eigenvalue weighted by Crippen LogP contribution is -2.01. The summed E-state index contributed by atoms with van der Waals surface area (Å²) in [4.78, 5) is 15.0. The fourth-order valence-electron chi connectivity index (χ4n) is 1.94. The number of aryl methyl sites for hydroxylation is 1. The van der Waals surface area contributed by atoms with E-state index < -0.39 is 5.97 Å².